The topological polar surface area (TPSA) is 181 Å². The Morgan fingerprint density at radius 3 is 2.41 bits per heavy atom. The number of nitrogens with two attached hydrogens (primary N) is 1. The maximum absolute atomic E-state index is 10.5. The second kappa shape index (κ2) is 9.96. The van der Waals surface area contributed by atoms with Crippen molar-refractivity contribution in [3.05, 3.63) is 69.8 Å². The lowest BCUT2D eigenvalue weighted by molar-refractivity contribution is -0.384. The average Bonchev–Trinajstić information content (AvgIpc) is 2.62. The Labute approximate surface area is 154 Å². The lowest BCUT2D eigenvalue weighted by Crippen LogP contribution is -2.27. The van der Waals surface area contributed by atoms with Crippen LogP contribution in [-0.2, 0) is 10.1 Å². The molecule has 0 aliphatic heterocycles. The maximum Gasteiger partial charge on any atom is 0.294 e. The van der Waals surface area contributed by atoms with Gasteiger partial charge in [-0.2, -0.15) is 13.5 Å². The molecule has 144 valence electrons. The van der Waals surface area contributed by atoms with E-state index in [1.54, 1.807) is 23.7 Å². The molecule has 0 saturated heterocycles. The summed E-state index contributed by atoms with van der Waals surface area (Å²) < 4.78 is 29.6. The second-order valence-corrected chi connectivity index (χ2v) is 6.40. The van der Waals surface area contributed by atoms with Gasteiger partial charge in [0.1, 0.15) is 0 Å². The summed E-state index contributed by atoms with van der Waals surface area (Å²) in [5.74, 6) is -0.276. The maximum atomic E-state index is 10.5. The van der Waals surface area contributed by atoms with Crippen LogP contribution in [0.1, 0.15) is 11.1 Å². The first-order chi connectivity index (χ1) is 12.6. The number of non-ortho nitro benzene ring substituents is 1. The molecule has 5 N–H and O–H groups in total. The molecule has 0 spiro atoms. The molecule has 0 aromatic heterocycles. The third kappa shape index (κ3) is 8.04. The molecule has 0 aliphatic carbocycles. The van der Waals surface area contributed by atoms with E-state index in [4.69, 9.17) is 15.5 Å². The minimum Gasteiger partial charge on any atom is -0.367 e. The zero-order valence-corrected chi connectivity index (χ0v) is 14.9. The van der Waals surface area contributed by atoms with Gasteiger partial charge in [-0.1, -0.05) is 29.8 Å². The van der Waals surface area contributed by atoms with Gasteiger partial charge < -0.3 is 5.73 Å². The van der Waals surface area contributed by atoms with E-state index in [1.807, 2.05) is 6.92 Å². The third-order valence-corrected chi connectivity index (χ3v) is 3.75. The number of hydrogen-bond donors (Lipinski definition) is 4. The van der Waals surface area contributed by atoms with Crippen molar-refractivity contribution < 1.29 is 23.1 Å². The van der Waals surface area contributed by atoms with Gasteiger partial charge in [-0.05, 0) is 19.1 Å². The molecule has 2 aromatic carbocycles. The second-order valence-electron chi connectivity index (χ2n) is 4.98. The Balaban J connectivity index is 0.000000289. The lowest BCUT2D eigenvalue weighted by atomic mass is 10.2. The van der Waals surface area contributed by atoms with Crippen LogP contribution in [-0.4, -0.2) is 35.3 Å². The molecule has 2 rings (SSSR count). The lowest BCUT2D eigenvalue weighted by Gasteiger charge is -1.95. The summed E-state index contributed by atoms with van der Waals surface area (Å²) in [5.41, 5.74) is 8.09. The van der Waals surface area contributed by atoms with Crippen molar-refractivity contribution in [2.75, 3.05) is 0 Å². The molecular formula is C15H17N5O6S. The van der Waals surface area contributed by atoms with Crippen LogP contribution in [0.3, 0.4) is 0 Å². The first kappa shape index (κ1) is 21.7. The molecule has 0 heterocycles. The normalized spacial score (nSPS) is 11.6. The van der Waals surface area contributed by atoms with E-state index < -0.39 is 15.0 Å². The van der Waals surface area contributed by atoms with Crippen molar-refractivity contribution in [2.45, 2.75) is 11.8 Å². The number of benzene rings is 2. The first-order valence-corrected chi connectivity index (χ1v) is 8.62. The monoisotopic (exact) mass is 395 g/mol. The molecule has 0 unspecified atom stereocenters. The van der Waals surface area contributed by atoms with Gasteiger partial charge >= 0.3 is 0 Å². The number of nitrogens with zero attached hydrogens (tertiary/aromatic N) is 3. The highest BCUT2D eigenvalue weighted by Crippen LogP contribution is 2.11. The summed E-state index contributed by atoms with van der Waals surface area (Å²) >= 11 is 0. The molecule has 0 amide bonds. The van der Waals surface area contributed by atoms with Gasteiger partial charge in [0.2, 0.25) is 5.96 Å². The number of aryl methyl sites for hydroxylation is 1. The first-order valence-electron chi connectivity index (χ1n) is 7.18. The Morgan fingerprint density at radius 1 is 1.26 bits per heavy atom. The van der Waals surface area contributed by atoms with Gasteiger partial charge in [-0.25, -0.2) is 5.48 Å². The van der Waals surface area contributed by atoms with Gasteiger partial charge in [-0.3, -0.25) is 19.9 Å². The van der Waals surface area contributed by atoms with Crippen LogP contribution >= 0.6 is 0 Å². The largest absolute Gasteiger partial charge is 0.367 e. The van der Waals surface area contributed by atoms with Crippen LogP contribution in [0.4, 0.5) is 5.69 Å². The molecule has 0 radical (unpaired) electrons. The number of hydroxylamine groups is 1. The summed E-state index contributed by atoms with van der Waals surface area (Å²) in [6.45, 7) is 1.84. The van der Waals surface area contributed by atoms with Gasteiger partial charge in [0.15, 0.2) is 0 Å². The van der Waals surface area contributed by atoms with Crippen molar-refractivity contribution in [1.29, 1.82) is 0 Å². The predicted octanol–water partition coefficient (Wildman–Crippen LogP) is 1.46. The predicted molar refractivity (Wildman–Crippen MR) is 98.2 cm³/mol. The highest BCUT2D eigenvalue weighted by atomic mass is 32.2. The number of nitro groups is 1. The molecular weight excluding hydrogens is 378 g/mol. The standard InChI is InChI=1S/C8H9N5O3.C7H8O3S/c9-8(12-14)11-10-5-6-2-1-3-7(4-6)13(15)16;1-6-2-4-7(5-3-6)11(8,9)10/h1-5,14H,(H3,9,11,12);2-5H,1H3,(H,8,9,10)/b10-5+;. The van der Waals surface area contributed by atoms with Crippen molar-refractivity contribution in [2.24, 2.45) is 15.9 Å². The number of nitro benzene ring substituents is 1. The van der Waals surface area contributed by atoms with Crippen molar-refractivity contribution in [3.8, 4) is 0 Å². The SMILES string of the molecule is Cc1ccc(S(=O)(=O)O)cc1.N/C(=N\N=C\c1cccc([N+](=O)[O-])c1)NO. The van der Waals surface area contributed by atoms with E-state index in [1.165, 1.54) is 36.5 Å². The van der Waals surface area contributed by atoms with Crippen LogP contribution in [0.2, 0.25) is 0 Å². The Kier molecular flexibility index (Phi) is 8.00. The van der Waals surface area contributed by atoms with Gasteiger partial charge in [0.05, 0.1) is 16.0 Å². The van der Waals surface area contributed by atoms with E-state index in [2.05, 4.69) is 10.2 Å². The summed E-state index contributed by atoms with van der Waals surface area (Å²) in [6, 6.07) is 11.8. The molecule has 0 aliphatic rings. The number of nitrogens with one attached hydrogen (secondary N) is 1. The van der Waals surface area contributed by atoms with Gasteiger partial charge in [0, 0.05) is 17.7 Å². The fraction of sp³-hybridized carbons (Fsp3) is 0.0667. The fourth-order valence-electron chi connectivity index (χ4n) is 1.61. The van der Waals surface area contributed by atoms with Crippen molar-refractivity contribution in [3.63, 3.8) is 0 Å². The highest BCUT2D eigenvalue weighted by Gasteiger charge is 2.06. The van der Waals surface area contributed by atoms with E-state index in [0.29, 0.717) is 5.56 Å². The summed E-state index contributed by atoms with van der Waals surface area (Å²) in [7, 11) is -4.02. The van der Waals surface area contributed by atoms with Crippen LogP contribution in [0.5, 0.6) is 0 Å². The van der Waals surface area contributed by atoms with Gasteiger partial charge in [-0.15, -0.1) is 5.10 Å². The zero-order valence-electron chi connectivity index (χ0n) is 14.1. The van der Waals surface area contributed by atoms with Crippen LogP contribution < -0.4 is 11.2 Å². The molecule has 27 heavy (non-hydrogen) atoms. The van der Waals surface area contributed by atoms with Crippen molar-refractivity contribution in [1.82, 2.24) is 5.48 Å². The Bertz CT molecular complexity index is 941. The van der Waals surface area contributed by atoms with Crippen LogP contribution in [0.15, 0.2) is 63.6 Å². The number of hydrogen-bond acceptors (Lipinski definition) is 7. The summed E-state index contributed by atoms with van der Waals surface area (Å²) in [6.07, 6.45) is 1.27. The van der Waals surface area contributed by atoms with Crippen molar-refractivity contribution >= 4 is 28.0 Å². The van der Waals surface area contributed by atoms with E-state index >= 15 is 0 Å². The average molecular weight is 395 g/mol. The minimum absolute atomic E-state index is 0.0406. The zero-order chi connectivity index (χ0) is 20.4. The van der Waals surface area contributed by atoms with Crippen LogP contribution in [0, 0.1) is 17.0 Å². The molecule has 12 heteroatoms. The highest BCUT2D eigenvalue weighted by molar-refractivity contribution is 7.85. The van der Waals surface area contributed by atoms with E-state index in [0.717, 1.165) is 5.56 Å². The molecule has 0 bridgehead atoms. The summed E-state index contributed by atoms with van der Waals surface area (Å²) in [4.78, 5) is 9.88. The number of rotatable bonds is 4. The van der Waals surface area contributed by atoms with E-state index in [-0.39, 0.29) is 16.5 Å². The quantitative estimate of drug-likeness (QED) is 0.197. The van der Waals surface area contributed by atoms with Gasteiger partial charge in [0.25, 0.3) is 15.8 Å². The Morgan fingerprint density at radius 2 is 1.89 bits per heavy atom. The van der Waals surface area contributed by atoms with Crippen LogP contribution in [0.25, 0.3) is 0 Å². The molecule has 2 aromatic rings. The molecule has 11 nitrogen and oxygen atoms in total. The smallest absolute Gasteiger partial charge is 0.294 e. The summed E-state index contributed by atoms with van der Waals surface area (Å²) in [5, 5.41) is 25.6. The minimum atomic E-state index is -4.02. The van der Waals surface area contributed by atoms with E-state index in [9.17, 15) is 18.5 Å². The molecule has 0 fully saturated rings. The third-order valence-electron chi connectivity index (χ3n) is 2.89. The number of guanidine groups is 1. The fourth-order valence-corrected chi connectivity index (χ4v) is 2.09. The Hall–Kier alpha value is -3.35. The molecule has 0 saturated carbocycles. The molecule has 0 atom stereocenters.